The predicted octanol–water partition coefficient (Wildman–Crippen LogP) is 4.13. The van der Waals surface area contributed by atoms with E-state index < -0.39 is 34.1 Å². The second kappa shape index (κ2) is 12.7. The molecule has 0 fully saturated rings. The Kier molecular flexibility index (Phi) is 9.46. The third kappa shape index (κ3) is 6.70. The lowest BCUT2D eigenvalue weighted by Gasteiger charge is -2.38. The highest BCUT2D eigenvalue weighted by atomic mass is 35.5. The maximum atomic E-state index is 13.7. The number of benzene rings is 2. The Bertz CT molecular complexity index is 1540. The fourth-order valence-electron chi connectivity index (χ4n) is 4.59. The largest absolute Gasteiger partial charge is 0.488 e. The average Bonchev–Trinajstić information content (AvgIpc) is 3.26. The number of carbonyl (C=O) groups excluding carboxylic acids is 2. The van der Waals surface area contributed by atoms with E-state index in [1.807, 2.05) is 6.92 Å². The molecule has 0 aliphatic carbocycles. The second-order valence-corrected chi connectivity index (χ2v) is 12.8. The third-order valence-corrected chi connectivity index (χ3v) is 9.24. The highest BCUT2D eigenvalue weighted by Gasteiger charge is 2.35. The molecule has 0 spiro atoms. The van der Waals surface area contributed by atoms with E-state index in [0.717, 1.165) is 0 Å². The molecular weight excluding hydrogens is 586 g/mol. The molecule has 14 heteroatoms. The standard InChI is InChI=1S/C28H34ClN5O7S/c1-16-13-34(17(2)15-35)27(36)23-12-21(30-28(37)31-26-18(3)32-41-19(26)4)8-11-24(23)40-25(16)14-33(5)42(38,39)22-9-6-20(29)7-10-22/h6-12,16-17,25,35H,13-15H2,1-5H3,(H2,30,31,37)/t16-,17+,25-/m0/s1. The summed E-state index contributed by atoms with van der Waals surface area (Å²) in [5.74, 6) is -0.0340. The lowest BCUT2D eigenvalue weighted by Crippen LogP contribution is -2.50. The van der Waals surface area contributed by atoms with Crippen LogP contribution in [0.1, 0.15) is 35.7 Å². The van der Waals surface area contributed by atoms with Crippen LogP contribution in [0.4, 0.5) is 16.2 Å². The molecule has 1 aromatic heterocycles. The van der Waals surface area contributed by atoms with E-state index in [4.69, 9.17) is 20.9 Å². The van der Waals surface area contributed by atoms with Gasteiger partial charge in [0.25, 0.3) is 5.91 Å². The normalized spacial score (nSPS) is 18.1. The SMILES string of the molecule is Cc1noc(C)c1NC(=O)Nc1ccc2c(c1)C(=O)N([C@H](C)CO)C[C@H](C)[C@H](CN(C)S(=O)(=O)c1ccc(Cl)cc1)O2. The summed E-state index contributed by atoms with van der Waals surface area (Å²) in [5.41, 5.74) is 1.43. The van der Waals surface area contributed by atoms with Gasteiger partial charge >= 0.3 is 6.03 Å². The Balaban J connectivity index is 1.62. The smallest absolute Gasteiger partial charge is 0.323 e. The van der Waals surface area contributed by atoms with Gasteiger partial charge in [-0.25, -0.2) is 13.2 Å². The van der Waals surface area contributed by atoms with E-state index in [2.05, 4.69) is 15.8 Å². The number of hydrogen-bond acceptors (Lipinski definition) is 8. The number of likely N-dealkylation sites (N-methyl/N-ethyl adjacent to an activating group) is 1. The van der Waals surface area contributed by atoms with Gasteiger partial charge in [0.1, 0.15) is 23.2 Å². The van der Waals surface area contributed by atoms with Gasteiger partial charge in [0.2, 0.25) is 10.0 Å². The summed E-state index contributed by atoms with van der Waals surface area (Å²) < 4.78 is 39.1. The van der Waals surface area contributed by atoms with Crippen LogP contribution in [0.25, 0.3) is 0 Å². The molecule has 0 radical (unpaired) electrons. The Morgan fingerprint density at radius 2 is 1.90 bits per heavy atom. The van der Waals surface area contributed by atoms with Gasteiger partial charge < -0.3 is 29.9 Å². The van der Waals surface area contributed by atoms with Gasteiger partial charge in [0.15, 0.2) is 5.76 Å². The summed E-state index contributed by atoms with van der Waals surface area (Å²) in [6.45, 7) is 6.85. The van der Waals surface area contributed by atoms with Gasteiger partial charge in [-0.1, -0.05) is 23.7 Å². The number of halogens is 1. The number of rotatable bonds is 8. The Morgan fingerprint density at radius 1 is 1.21 bits per heavy atom. The molecular formula is C28H34ClN5O7S. The number of fused-ring (bicyclic) bond motifs is 1. The van der Waals surface area contributed by atoms with Gasteiger partial charge in [-0.3, -0.25) is 4.79 Å². The molecule has 2 heterocycles. The number of aryl methyl sites for hydroxylation is 2. The molecule has 1 aliphatic rings. The van der Waals surface area contributed by atoms with Crippen molar-refractivity contribution < 1.29 is 32.4 Å². The number of nitrogens with one attached hydrogen (secondary N) is 2. The molecule has 3 N–H and O–H groups in total. The van der Waals surface area contributed by atoms with Crippen molar-refractivity contribution in [1.82, 2.24) is 14.4 Å². The van der Waals surface area contributed by atoms with Gasteiger partial charge in [0.05, 0.1) is 29.7 Å². The van der Waals surface area contributed by atoms with Crippen LogP contribution >= 0.6 is 11.6 Å². The summed E-state index contributed by atoms with van der Waals surface area (Å²) >= 11 is 5.93. The summed E-state index contributed by atoms with van der Waals surface area (Å²) in [5, 5.41) is 19.5. The molecule has 42 heavy (non-hydrogen) atoms. The maximum absolute atomic E-state index is 13.7. The summed E-state index contributed by atoms with van der Waals surface area (Å²) in [6, 6.07) is 9.42. The zero-order valence-electron chi connectivity index (χ0n) is 23.9. The minimum absolute atomic E-state index is 0.0129. The third-order valence-electron chi connectivity index (χ3n) is 7.15. The average molecular weight is 620 g/mol. The maximum Gasteiger partial charge on any atom is 0.323 e. The first-order valence-corrected chi connectivity index (χ1v) is 15.1. The van der Waals surface area contributed by atoms with Crippen LogP contribution in [0.3, 0.4) is 0 Å². The second-order valence-electron chi connectivity index (χ2n) is 10.4. The Morgan fingerprint density at radius 3 is 2.52 bits per heavy atom. The minimum Gasteiger partial charge on any atom is -0.488 e. The van der Waals surface area contributed by atoms with Gasteiger partial charge in [-0.05, 0) is 63.2 Å². The first-order valence-electron chi connectivity index (χ1n) is 13.3. The van der Waals surface area contributed by atoms with Crippen LogP contribution in [0.5, 0.6) is 5.75 Å². The lowest BCUT2D eigenvalue weighted by molar-refractivity contribution is 0.0387. The molecule has 3 atom stereocenters. The summed E-state index contributed by atoms with van der Waals surface area (Å²) in [4.78, 5) is 28.0. The van der Waals surface area contributed by atoms with Crippen LogP contribution in [0, 0.1) is 19.8 Å². The monoisotopic (exact) mass is 619 g/mol. The van der Waals surface area contributed by atoms with E-state index in [1.54, 1.807) is 32.9 Å². The first-order chi connectivity index (χ1) is 19.8. The molecule has 1 aliphatic heterocycles. The van der Waals surface area contributed by atoms with Crippen LogP contribution < -0.4 is 15.4 Å². The minimum atomic E-state index is -3.86. The highest BCUT2D eigenvalue weighted by molar-refractivity contribution is 7.89. The predicted molar refractivity (Wildman–Crippen MR) is 157 cm³/mol. The molecule has 12 nitrogen and oxygen atoms in total. The summed E-state index contributed by atoms with van der Waals surface area (Å²) in [7, 11) is -2.40. The van der Waals surface area contributed by atoms with E-state index in [-0.39, 0.29) is 41.8 Å². The molecule has 0 unspecified atom stereocenters. The number of hydrogen-bond donors (Lipinski definition) is 3. The van der Waals surface area contributed by atoms with Gasteiger partial charge in [0, 0.05) is 30.2 Å². The number of nitrogens with zero attached hydrogens (tertiary/aromatic N) is 3. The molecule has 3 aromatic rings. The van der Waals surface area contributed by atoms with Crippen molar-refractivity contribution in [3.05, 3.63) is 64.5 Å². The quantitative estimate of drug-likeness (QED) is 0.340. The zero-order chi connectivity index (χ0) is 30.8. The van der Waals surface area contributed by atoms with Gasteiger partial charge in [-0.15, -0.1) is 0 Å². The van der Waals surface area contributed by atoms with Crippen molar-refractivity contribution in [2.45, 2.75) is 44.7 Å². The van der Waals surface area contributed by atoms with Crippen molar-refractivity contribution in [2.75, 3.05) is 37.4 Å². The number of amides is 3. The van der Waals surface area contributed by atoms with E-state index >= 15 is 0 Å². The molecule has 0 saturated carbocycles. The fraction of sp³-hybridized carbons (Fsp3) is 0.393. The van der Waals surface area contributed by atoms with E-state index in [9.17, 15) is 23.1 Å². The number of carbonyl (C=O) groups is 2. The Labute approximate surface area is 249 Å². The topological polar surface area (TPSA) is 154 Å². The van der Waals surface area contributed by atoms with Crippen molar-refractivity contribution in [1.29, 1.82) is 0 Å². The number of aromatic nitrogens is 1. The lowest BCUT2D eigenvalue weighted by atomic mass is 9.99. The number of ether oxygens (including phenoxy) is 1. The zero-order valence-corrected chi connectivity index (χ0v) is 25.5. The highest BCUT2D eigenvalue weighted by Crippen LogP contribution is 2.31. The number of urea groups is 1. The number of aliphatic hydroxyl groups is 1. The first kappa shape index (κ1) is 31.3. The fourth-order valence-corrected chi connectivity index (χ4v) is 5.90. The number of anilines is 2. The van der Waals surface area contributed by atoms with Crippen molar-refractivity contribution >= 4 is 44.9 Å². The number of aliphatic hydroxyl groups excluding tert-OH is 1. The van der Waals surface area contributed by atoms with E-state index in [0.29, 0.717) is 27.9 Å². The van der Waals surface area contributed by atoms with Crippen molar-refractivity contribution in [2.24, 2.45) is 5.92 Å². The number of sulfonamides is 1. The van der Waals surface area contributed by atoms with Crippen molar-refractivity contribution in [3.63, 3.8) is 0 Å². The summed E-state index contributed by atoms with van der Waals surface area (Å²) in [6.07, 6.45) is -0.654. The molecule has 226 valence electrons. The van der Waals surface area contributed by atoms with Crippen LogP contribution in [-0.4, -0.2) is 78.7 Å². The van der Waals surface area contributed by atoms with Crippen molar-refractivity contribution in [3.8, 4) is 5.75 Å². The molecule has 0 saturated heterocycles. The Hall–Kier alpha value is -3.65. The van der Waals surface area contributed by atoms with E-state index in [1.165, 1.54) is 46.6 Å². The van der Waals surface area contributed by atoms with Crippen LogP contribution in [0.15, 0.2) is 51.9 Å². The van der Waals surface area contributed by atoms with Crippen LogP contribution in [0.2, 0.25) is 5.02 Å². The molecule has 0 bridgehead atoms. The van der Waals surface area contributed by atoms with Crippen LogP contribution in [-0.2, 0) is 10.0 Å². The van der Waals surface area contributed by atoms with Gasteiger partial charge in [-0.2, -0.15) is 4.31 Å². The molecule has 3 amide bonds. The molecule has 2 aromatic carbocycles. The molecule has 4 rings (SSSR count).